The first-order valence-electron chi connectivity index (χ1n) is 8.24. The molecule has 0 N–H and O–H groups in total. The molecule has 0 radical (unpaired) electrons. The Hall–Kier alpha value is -2.14. The van der Waals surface area contributed by atoms with Gasteiger partial charge in [-0.25, -0.2) is 0 Å². The largest absolute Gasteiger partial charge is 0.369 e. The van der Waals surface area contributed by atoms with Gasteiger partial charge in [0.1, 0.15) is 6.10 Å². The van der Waals surface area contributed by atoms with Gasteiger partial charge in [0.05, 0.1) is 6.04 Å². The van der Waals surface area contributed by atoms with Gasteiger partial charge in [-0.05, 0) is 37.5 Å². The number of aromatic nitrogens is 2. The predicted octanol–water partition coefficient (Wildman–Crippen LogP) is 2.83. The summed E-state index contributed by atoms with van der Waals surface area (Å²) in [7, 11) is 0. The summed E-state index contributed by atoms with van der Waals surface area (Å²) < 4.78 is 7.58. The van der Waals surface area contributed by atoms with E-state index in [4.69, 9.17) is 4.74 Å². The highest BCUT2D eigenvalue weighted by Gasteiger charge is 2.32. The fraction of sp³-hybridized carbons (Fsp3) is 0.444. The maximum Gasteiger partial charge on any atom is 0.256 e. The van der Waals surface area contributed by atoms with Crippen molar-refractivity contribution in [2.45, 2.75) is 38.8 Å². The summed E-state index contributed by atoms with van der Waals surface area (Å²) in [4.78, 5) is 14.8. The summed E-state index contributed by atoms with van der Waals surface area (Å²) in [6, 6.07) is 10.2. The van der Waals surface area contributed by atoms with E-state index in [2.05, 4.69) is 11.2 Å². The van der Waals surface area contributed by atoms with E-state index in [1.807, 2.05) is 53.9 Å². The van der Waals surface area contributed by atoms with Gasteiger partial charge >= 0.3 is 0 Å². The highest BCUT2D eigenvalue weighted by Crippen LogP contribution is 2.32. The molecule has 0 spiro atoms. The van der Waals surface area contributed by atoms with Crippen LogP contribution >= 0.6 is 0 Å². The Morgan fingerprint density at radius 3 is 2.87 bits per heavy atom. The lowest BCUT2D eigenvalue weighted by Gasteiger charge is -2.36. The molecule has 23 heavy (non-hydrogen) atoms. The lowest BCUT2D eigenvalue weighted by Crippen LogP contribution is -2.46. The van der Waals surface area contributed by atoms with Crippen molar-refractivity contribution in [2.75, 3.05) is 18.1 Å². The molecule has 0 aliphatic carbocycles. The highest BCUT2D eigenvalue weighted by atomic mass is 16.5. The number of rotatable bonds is 5. The summed E-state index contributed by atoms with van der Waals surface area (Å²) in [6.45, 7) is 5.08. The number of hydrogen-bond donors (Lipinski definition) is 0. The van der Waals surface area contributed by atoms with E-state index in [0.29, 0.717) is 19.6 Å². The van der Waals surface area contributed by atoms with Crippen LogP contribution in [0, 0.1) is 0 Å². The van der Waals surface area contributed by atoms with E-state index >= 15 is 0 Å². The van der Waals surface area contributed by atoms with E-state index in [-0.39, 0.29) is 18.1 Å². The minimum atomic E-state index is -0.385. The number of carbonyl (C=O) groups excluding carboxylic acids is 1. The second kappa shape index (κ2) is 6.96. The van der Waals surface area contributed by atoms with Gasteiger partial charge in [-0.15, -0.1) is 0 Å². The van der Waals surface area contributed by atoms with Crippen molar-refractivity contribution < 1.29 is 9.53 Å². The molecule has 0 saturated heterocycles. The Labute approximate surface area is 136 Å². The molecule has 122 valence electrons. The zero-order valence-corrected chi connectivity index (χ0v) is 13.7. The van der Waals surface area contributed by atoms with Crippen molar-refractivity contribution in [1.29, 1.82) is 0 Å². The monoisotopic (exact) mass is 313 g/mol. The molecule has 1 amide bonds. The van der Waals surface area contributed by atoms with Crippen molar-refractivity contribution in [1.82, 2.24) is 9.78 Å². The van der Waals surface area contributed by atoms with Crippen molar-refractivity contribution >= 4 is 11.6 Å². The third-order valence-electron chi connectivity index (χ3n) is 4.31. The topological polar surface area (TPSA) is 47.4 Å². The minimum Gasteiger partial charge on any atom is -0.369 e. The Morgan fingerprint density at radius 1 is 1.35 bits per heavy atom. The maximum atomic E-state index is 13.0. The van der Waals surface area contributed by atoms with Gasteiger partial charge in [-0.3, -0.25) is 9.48 Å². The van der Waals surface area contributed by atoms with Gasteiger partial charge in [0.25, 0.3) is 5.91 Å². The normalized spacial score (nSPS) is 18.5. The lowest BCUT2D eigenvalue weighted by molar-refractivity contribution is -0.130. The van der Waals surface area contributed by atoms with Gasteiger partial charge in [-0.1, -0.05) is 25.1 Å². The van der Waals surface area contributed by atoms with Crippen LogP contribution in [0.2, 0.25) is 0 Å². The molecule has 0 bridgehead atoms. The van der Waals surface area contributed by atoms with Crippen molar-refractivity contribution in [3.8, 4) is 0 Å². The molecule has 2 heterocycles. The molecule has 2 aromatic rings. The second-order valence-corrected chi connectivity index (χ2v) is 5.77. The van der Waals surface area contributed by atoms with Gasteiger partial charge in [0, 0.05) is 31.2 Å². The number of nitrogens with zero attached hydrogens (tertiary/aromatic N) is 3. The highest BCUT2D eigenvalue weighted by molar-refractivity contribution is 5.97. The Bertz CT molecular complexity index is 654. The lowest BCUT2D eigenvalue weighted by atomic mass is 9.97. The van der Waals surface area contributed by atoms with E-state index in [0.717, 1.165) is 12.1 Å². The molecule has 1 aliphatic rings. The molecule has 5 nitrogen and oxygen atoms in total. The van der Waals surface area contributed by atoms with Gasteiger partial charge in [0.2, 0.25) is 0 Å². The fourth-order valence-corrected chi connectivity index (χ4v) is 3.20. The average Bonchev–Trinajstić information content (AvgIpc) is 3.12. The standard InChI is InChI=1S/C18H23N3O2/c1-3-17(23-4-2)18(22)20-13-15(21-11-7-10-19-21)12-14-8-5-6-9-16(14)20/h5-11,15,17H,3-4,12-13H2,1-2H3/t15-,17-/m0/s1. The minimum absolute atomic E-state index is 0.0404. The van der Waals surface area contributed by atoms with Crippen LogP contribution in [0.4, 0.5) is 5.69 Å². The van der Waals surface area contributed by atoms with Gasteiger partial charge in [0.15, 0.2) is 0 Å². The summed E-state index contributed by atoms with van der Waals surface area (Å²) >= 11 is 0. The fourth-order valence-electron chi connectivity index (χ4n) is 3.20. The number of ether oxygens (including phenoxy) is 1. The number of hydrogen-bond acceptors (Lipinski definition) is 3. The molecular formula is C18H23N3O2. The van der Waals surface area contributed by atoms with Gasteiger partial charge < -0.3 is 9.64 Å². The van der Waals surface area contributed by atoms with E-state index in [1.54, 1.807) is 6.20 Å². The zero-order valence-electron chi connectivity index (χ0n) is 13.7. The quantitative estimate of drug-likeness (QED) is 0.853. The van der Waals surface area contributed by atoms with Crippen LogP contribution < -0.4 is 4.90 Å². The van der Waals surface area contributed by atoms with Crippen molar-refractivity contribution in [3.05, 3.63) is 48.3 Å². The van der Waals surface area contributed by atoms with Crippen molar-refractivity contribution in [2.24, 2.45) is 0 Å². The average molecular weight is 313 g/mol. The van der Waals surface area contributed by atoms with Crippen LogP contribution in [-0.2, 0) is 16.0 Å². The summed E-state index contributed by atoms with van der Waals surface area (Å²) in [5, 5.41) is 4.36. The molecule has 1 aromatic heterocycles. The Balaban J connectivity index is 1.92. The number of anilines is 1. The molecule has 5 heteroatoms. The third kappa shape index (κ3) is 3.15. The number of fused-ring (bicyclic) bond motifs is 1. The first kappa shape index (κ1) is 15.7. The molecule has 0 fully saturated rings. The molecule has 1 aliphatic heterocycles. The Morgan fingerprint density at radius 2 is 2.17 bits per heavy atom. The first-order valence-corrected chi connectivity index (χ1v) is 8.24. The number of benzene rings is 1. The smallest absolute Gasteiger partial charge is 0.256 e. The number of para-hydroxylation sites is 1. The summed E-state index contributed by atoms with van der Waals surface area (Å²) in [5.74, 6) is 0.0404. The summed E-state index contributed by atoms with van der Waals surface area (Å²) in [5.41, 5.74) is 2.18. The SMILES string of the molecule is CCO[C@@H](CC)C(=O)N1C[C@@H](n2cccn2)Cc2ccccc21. The van der Waals surface area contributed by atoms with E-state index in [1.165, 1.54) is 5.56 Å². The Kier molecular flexibility index (Phi) is 4.76. The molecule has 1 aromatic carbocycles. The maximum absolute atomic E-state index is 13.0. The van der Waals surface area contributed by atoms with Crippen LogP contribution in [0.1, 0.15) is 31.9 Å². The van der Waals surface area contributed by atoms with Crippen molar-refractivity contribution in [3.63, 3.8) is 0 Å². The second-order valence-electron chi connectivity index (χ2n) is 5.77. The predicted molar refractivity (Wildman–Crippen MR) is 89.5 cm³/mol. The number of carbonyl (C=O) groups is 1. The van der Waals surface area contributed by atoms with Crippen LogP contribution in [0.3, 0.4) is 0 Å². The van der Waals surface area contributed by atoms with E-state index in [9.17, 15) is 4.79 Å². The molecule has 2 atom stereocenters. The van der Waals surface area contributed by atoms with Crippen LogP contribution in [-0.4, -0.2) is 34.9 Å². The number of amides is 1. The molecule has 0 unspecified atom stereocenters. The molecule has 0 saturated carbocycles. The van der Waals surface area contributed by atoms with Crippen LogP contribution in [0.15, 0.2) is 42.7 Å². The van der Waals surface area contributed by atoms with Gasteiger partial charge in [-0.2, -0.15) is 5.10 Å². The summed E-state index contributed by atoms with van der Waals surface area (Å²) in [6.07, 6.45) is 4.91. The zero-order chi connectivity index (χ0) is 16.2. The third-order valence-corrected chi connectivity index (χ3v) is 4.31. The van der Waals surface area contributed by atoms with Crippen LogP contribution in [0.5, 0.6) is 0 Å². The first-order chi connectivity index (χ1) is 11.2. The van der Waals surface area contributed by atoms with E-state index < -0.39 is 0 Å². The molecule has 3 rings (SSSR count). The molecular weight excluding hydrogens is 290 g/mol. The van der Waals surface area contributed by atoms with Crippen LogP contribution in [0.25, 0.3) is 0 Å².